The van der Waals surface area contributed by atoms with Crippen LogP contribution < -0.4 is 0 Å². The van der Waals surface area contributed by atoms with Crippen molar-refractivity contribution in [2.24, 2.45) is 0 Å². The molecule has 0 aliphatic carbocycles. The zero-order chi connectivity index (χ0) is 64.7. The Hall–Kier alpha value is -3.01. The lowest BCUT2D eigenvalue weighted by Crippen LogP contribution is -2.40. The summed E-state index contributed by atoms with van der Waals surface area (Å²) in [5.74, 6) is -1.99. The minimum Gasteiger partial charge on any atom is -0.477 e. The van der Waals surface area contributed by atoms with E-state index in [4.69, 9.17) is 18.9 Å². The van der Waals surface area contributed by atoms with E-state index in [0.717, 1.165) is 77.0 Å². The van der Waals surface area contributed by atoms with Crippen LogP contribution in [0.2, 0.25) is 0 Å². The van der Waals surface area contributed by atoms with Crippen molar-refractivity contribution in [3.63, 3.8) is 0 Å². The summed E-state index contributed by atoms with van der Waals surface area (Å²) in [6.45, 7) is 4.81. The van der Waals surface area contributed by atoms with Crippen molar-refractivity contribution < 1.29 is 42.9 Å². The number of carboxylic acids is 1. The van der Waals surface area contributed by atoms with E-state index >= 15 is 0 Å². The molecule has 0 bridgehead atoms. The second-order valence-corrected chi connectivity index (χ2v) is 27.3. The fourth-order valence-electron chi connectivity index (χ4n) is 11.5. The monoisotopic (exact) mass is 1250 g/mol. The van der Waals surface area contributed by atoms with Gasteiger partial charge in [-0.1, -0.05) is 364 Å². The molecule has 0 saturated heterocycles. The Labute approximate surface area is 552 Å². The van der Waals surface area contributed by atoms with Gasteiger partial charge in [0.2, 0.25) is 0 Å². The van der Waals surface area contributed by atoms with Gasteiger partial charge in [-0.05, 0) is 57.8 Å². The van der Waals surface area contributed by atoms with Crippen molar-refractivity contribution in [2.75, 3.05) is 47.5 Å². The molecule has 2 unspecified atom stereocenters. The number of allylic oxidation sites excluding steroid dienone is 10. The van der Waals surface area contributed by atoms with Gasteiger partial charge in [0.15, 0.2) is 6.10 Å². The van der Waals surface area contributed by atoms with Crippen LogP contribution in [0.25, 0.3) is 0 Å². The molecule has 89 heavy (non-hydrogen) atoms. The van der Waals surface area contributed by atoms with Crippen LogP contribution in [0.4, 0.5) is 0 Å². The molecule has 0 saturated carbocycles. The molecule has 0 aromatic rings. The number of ether oxygens (including phenoxy) is 4. The molecule has 0 spiro atoms. The van der Waals surface area contributed by atoms with Gasteiger partial charge in [0.25, 0.3) is 6.29 Å². The van der Waals surface area contributed by atoms with E-state index < -0.39 is 24.3 Å². The average Bonchev–Trinajstić information content (AvgIpc) is 3.64. The number of quaternary nitrogens is 1. The lowest BCUT2D eigenvalue weighted by molar-refractivity contribution is -0.870. The summed E-state index contributed by atoms with van der Waals surface area (Å²) >= 11 is 0. The molecular formula is C80H148NO8+. The van der Waals surface area contributed by atoms with Crippen LogP contribution in [0.3, 0.4) is 0 Å². The quantitative estimate of drug-likeness (QED) is 0.0211. The third-order valence-electron chi connectivity index (χ3n) is 17.3. The fraction of sp³-hybridized carbons (Fsp3) is 0.838. The molecule has 0 radical (unpaired) electrons. The van der Waals surface area contributed by atoms with Gasteiger partial charge in [-0.2, -0.15) is 0 Å². The maximum atomic E-state index is 12.9. The molecule has 0 rings (SSSR count). The topological polar surface area (TPSA) is 108 Å². The molecule has 9 nitrogen and oxygen atoms in total. The van der Waals surface area contributed by atoms with Gasteiger partial charge in [0.05, 0.1) is 34.4 Å². The molecule has 0 aliphatic rings. The van der Waals surface area contributed by atoms with E-state index in [1.54, 1.807) is 0 Å². The van der Waals surface area contributed by atoms with E-state index in [9.17, 15) is 19.5 Å². The van der Waals surface area contributed by atoms with Crippen molar-refractivity contribution >= 4 is 17.9 Å². The van der Waals surface area contributed by atoms with E-state index in [-0.39, 0.29) is 32.2 Å². The zero-order valence-electron chi connectivity index (χ0n) is 59.6. The number of nitrogens with zero attached hydrogens (tertiary/aromatic N) is 1. The minimum atomic E-state index is -1.51. The normalized spacial score (nSPS) is 13.0. The predicted molar refractivity (Wildman–Crippen MR) is 383 cm³/mol. The first-order valence-electron chi connectivity index (χ1n) is 38.5. The Morgan fingerprint density at radius 1 is 0.348 bits per heavy atom. The van der Waals surface area contributed by atoms with Crippen LogP contribution in [0.5, 0.6) is 0 Å². The van der Waals surface area contributed by atoms with Gasteiger partial charge in [-0.15, -0.1) is 0 Å². The summed E-state index contributed by atoms with van der Waals surface area (Å²) < 4.78 is 23.0. The molecule has 0 aromatic heterocycles. The number of aliphatic carboxylic acids is 1. The van der Waals surface area contributed by atoms with E-state index in [1.165, 1.54) is 263 Å². The van der Waals surface area contributed by atoms with Gasteiger partial charge < -0.3 is 28.5 Å². The Balaban J connectivity index is 3.97. The maximum Gasteiger partial charge on any atom is 0.361 e. The molecule has 9 heteroatoms. The Kier molecular flexibility index (Phi) is 68.5. The second-order valence-electron chi connectivity index (χ2n) is 27.3. The number of carboxylic acid groups (broad SMARTS) is 1. The number of unbranched alkanes of at least 4 members (excludes halogenated alkanes) is 47. The molecule has 0 fully saturated rings. The first kappa shape index (κ1) is 86.0. The first-order valence-corrected chi connectivity index (χ1v) is 38.5. The zero-order valence-corrected chi connectivity index (χ0v) is 59.6. The molecule has 1 N–H and O–H groups in total. The molecule has 0 amide bonds. The summed E-state index contributed by atoms with van der Waals surface area (Å²) in [6, 6.07) is 0. The number of carbonyl (C=O) groups is 3. The Bertz CT molecular complexity index is 1650. The molecule has 0 aliphatic heterocycles. The highest BCUT2D eigenvalue weighted by Gasteiger charge is 2.25. The van der Waals surface area contributed by atoms with Gasteiger partial charge in [-0.3, -0.25) is 9.59 Å². The highest BCUT2D eigenvalue weighted by Crippen LogP contribution is 2.19. The van der Waals surface area contributed by atoms with Crippen LogP contribution >= 0.6 is 0 Å². The lowest BCUT2D eigenvalue weighted by atomic mass is 10.0. The summed E-state index contributed by atoms with van der Waals surface area (Å²) in [5.41, 5.74) is 0. The number of likely N-dealkylation sites (N-methyl/N-ethyl adjacent to an activating group) is 1. The van der Waals surface area contributed by atoms with Crippen LogP contribution in [-0.2, 0) is 33.3 Å². The number of carbonyl (C=O) groups excluding carboxylic acids is 2. The van der Waals surface area contributed by atoms with E-state index in [0.29, 0.717) is 23.9 Å². The Morgan fingerprint density at radius 3 is 0.955 bits per heavy atom. The van der Waals surface area contributed by atoms with Gasteiger partial charge in [-0.25, -0.2) is 4.79 Å². The third-order valence-corrected chi connectivity index (χ3v) is 17.3. The number of esters is 2. The number of hydrogen-bond acceptors (Lipinski definition) is 7. The minimum absolute atomic E-state index is 0.183. The van der Waals surface area contributed by atoms with Gasteiger partial charge >= 0.3 is 17.9 Å². The van der Waals surface area contributed by atoms with Crippen LogP contribution in [0.15, 0.2) is 60.8 Å². The molecular weight excluding hydrogens is 1100 g/mol. The van der Waals surface area contributed by atoms with E-state index in [2.05, 4.69) is 74.6 Å². The SMILES string of the molecule is CC/C=C\C/C=C\C/C=C\C/C=C\C/C=C\CCCCCCCCCCCC(=O)OC(COC(=O)CCCCCCCCCCCCCCCCCCCCCCCCCCCCCCCCCCCCCCCCC)COC(OCC[N+](C)(C)C)C(=O)O. The smallest absolute Gasteiger partial charge is 0.361 e. The molecule has 0 heterocycles. The fourth-order valence-corrected chi connectivity index (χ4v) is 11.5. The standard InChI is InChI=1S/C80H147NO8/c1-6-8-10-12-14-16-18-20-22-24-26-28-30-32-33-34-35-36-37-38-39-40-41-42-43-44-45-47-48-50-52-54-56-58-60-62-64-66-68-70-77(82)87-74-76(75-88-80(79(84)85)86-73-72-81(3,4)5)89-78(83)71-69-67-65-63-61-59-57-55-53-51-49-46-31-29-27-25-23-21-19-17-15-13-11-9-7-2/h9,11,15,17,21,23,27,29,46,49,76,80H,6-8,10,12-14,16,18-20,22,24-26,28,30-45,47-48,50-75H2,1-5H3/p+1/b11-9-,17-15-,23-21-,29-27-,49-46-. The highest BCUT2D eigenvalue weighted by molar-refractivity contribution is 5.71. The summed E-state index contributed by atoms with van der Waals surface area (Å²) in [4.78, 5) is 37.7. The van der Waals surface area contributed by atoms with Crippen LogP contribution in [-0.4, -0.2) is 87.4 Å². The average molecular weight is 1250 g/mol. The van der Waals surface area contributed by atoms with Crippen molar-refractivity contribution in [1.82, 2.24) is 0 Å². The summed E-state index contributed by atoms with van der Waals surface area (Å²) in [5, 5.41) is 9.76. The first-order chi connectivity index (χ1) is 43.6. The maximum absolute atomic E-state index is 12.9. The number of hydrogen-bond donors (Lipinski definition) is 1. The largest absolute Gasteiger partial charge is 0.477 e. The molecule has 2 atom stereocenters. The van der Waals surface area contributed by atoms with Crippen molar-refractivity contribution in [2.45, 2.75) is 386 Å². The van der Waals surface area contributed by atoms with Crippen molar-refractivity contribution in [1.29, 1.82) is 0 Å². The third kappa shape index (κ3) is 72.3. The lowest BCUT2D eigenvalue weighted by Gasteiger charge is -2.25. The second kappa shape index (κ2) is 70.9. The van der Waals surface area contributed by atoms with Crippen LogP contribution in [0, 0.1) is 0 Å². The summed E-state index contributed by atoms with van der Waals surface area (Å²) in [6.07, 6.45) is 90.9. The van der Waals surface area contributed by atoms with Crippen molar-refractivity contribution in [3.8, 4) is 0 Å². The van der Waals surface area contributed by atoms with Gasteiger partial charge in [0, 0.05) is 12.8 Å². The predicted octanol–water partition coefficient (Wildman–Crippen LogP) is 24.3. The van der Waals surface area contributed by atoms with Crippen molar-refractivity contribution in [3.05, 3.63) is 60.8 Å². The van der Waals surface area contributed by atoms with E-state index in [1.807, 2.05) is 21.1 Å². The summed E-state index contributed by atoms with van der Waals surface area (Å²) in [7, 11) is 5.98. The Morgan fingerprint density at radius 2 is 0.640 bits per heavy atom. The molecule has 0 aromatic carbocycles. The van der Waals surface area contributed by atoms with Crippen LogP contribution in [0.1, 0.15) is 373 Å². The van der Waals surface area contributed by atoms with Gasteiger partial charge in [0.1, 0.15) is 13.2 Å². The number of rotatable bonds is 72. The highest BCUT2D eigenvalue weighted by atomic mass is 16.7. The molecule has 520 valence electrons.